The first-order valence-corrected chi connectivity index (χ1v) is 5.66. The van der Waals surface area contributed by atoms with Crippen LogP contribution >= 0.6 is 0 Å². The van der Waals surface area contributed by atoms with Crippen LogP contribution in [0.15, 0.2) is 0 Å². The number of aliphatic carboxylic acids is 1. The zero-order valence-corrected chi connectivity index (χ0v) is 8.78. The molecule has 0 spiro atoms. The summed E-state index contributed by atoms with van der Waals surface area (Å²) in [5.74, 6) is 0.871. The molecule has 80 valence electrons. The maximum absolute atomic E-state index is 10.7. The molecule has 1 aliphatic heterocycles. The minimum Gasteiger partial charge on any atom is -0.481 e. The van der Waals surface area contributed by atoms with Crippen molar-refractivity contribution in [2.75, 3.05) is 13.1 Å². The number of nitrogens with zero attached hydrogens (tertiary/aromatic N) is 1. The molecule has 14 heavy (non-hydrogen) atoms. The molecular formula is C11H19NO2. The zero-order valence-electron chi connectivity index (χ0n) is 8.78. The lowest BCUT2D eigenvalue weighted by molar-refractivity contribution is -0.139. The third-order valence-corrected chi connectivity index (χ3v) is 3.58. The highest BCUT2D eigenvalue weighted by Crippen LogP contribution is 2.39. The Balaban J connectivity index is 1.82. The molecule has 3 nitrogen and oxygen atoms in total. The topological polar surface area (TPSA) is 40.5 Å². The van der Waals surface area contributed by atoms with Crippen molar-refractivity contribution in [2.24, 2.45) is 11.8 Å². The van der Waals surface area contributed by atoms with Gasteiger partial charge in [0.15, 0.2) is 0 Å². The van der Waals surface area contributed by atoms with Crippen molar-refractivity contribution in [3.8, 4) is 0 Å². The summed E-state index contributed by atoms with van der Waals surface area (Å²) in [6, 6.07) is 0.343. The van der Waals surface area contributed by atoms with Crippen molar-refractivity contribution in [1.82, 2.24) is 4.90 Å². The number of carboxylic acid groups (broad SMARTS) is 1. The fraction of sp³-hybridized carbons (Fsp3) is 0.909. The molecule has 1 aliphatic carbocycles. The normalized spacial score (nSPS) is 25.8. The van der Waals surface area contributed by atoms with Gasteiger partial charge in [-0.25, -0.2) is 0 Å². The summed E-state index contributed by atoms with van der Waals surface area (Å²) >= 11 is 0. The van der Waals surface area contributed by atoms with E-state index in [2.05, 4.69) is 11.8 Å². The van der Waals surface area contributed by atoms with E-state index < -0.39 is 5.97 Å². The summed E-state index contributed by atoms with van der Waals surface area (Å²) in [5, 5.41) is 8.83. The van der Waals surface area contributed by atoms with Gasteiger partial charge in [0, 0.05) is 19.1 Å². The first-order valence-electron chi connectivity index (χ1n) is 5.66. The number of hydrogen-bond acceptors (Lipinski definition) is 2. The van der Waals surface area contributed by atoms with Crippen LogP contribution in [-0.2, 0) is 4.79 Å². The van der Waals surface area contributed by atoms with Crippen molar-refractivity contribution in [2.45, 2.75) is 38.6 Å². The van der Waals surface area contributed by atoms with E-state index in [0.717, 1.165) is 19.0 Å². The van der Waals surface area contributed by atoms with Crippen LogP contribution in [0.4, 0.5) is 0 Å². The van der Waals surface area contributed by atoms with Crippen LogP contribution < -0.4 is 0 Å². The molecule has 0 aromatic carbocycles. The third kappa shape index (κ3) is 2.08. The van der Waals surface area contributed by atoms with Crippen LogP contribution in [0.3, 0.4) is 0 Å². The van der Waals surface area contributed by atoms with Gasteiger partial charge in [-0.1, -0.05) is 13.3 Å². The zero-order chi connectivity index (χ0) is 10.1. The van der Waals surface area contributed by atoms with Gasteiger partial charge in [-0.2, -0.15) is 0 Å². The van der Waals surface area contributed by atoms with Crippen molar-refractivity contribution in [3.63, 3.8) is 0 Å². The van der Waals surface area contributed by atoms with Gasteiger partial charge in [-0.3, -0.25) is 9.69 Å². The summed E-state index contributed by atoms with van der Waals surface area (Å²) in [6.45, 7) is 4.47. The molecule has 0 radical (unpaired) electrons. The Kier molecular flexibility index (Phi) is 2.77. The second kappa shape index (κ2) is 3.89. The molecule has 1 saturated heterocycles. The van der Waals surface area contributed by atoms with Gasteiger partial charge < -0.3 is 5.11 Å². The van der Waals surface area contributed by atoms with Gasteiger partial charge in [0.2, 0.25) is 0 Å². The number of carbonyl (C=O) groups is 1. The van der Waals surface area contributed by atoms with E-state index in [0.29, 0.717) is 18.4 Å². The monoisotopic (exact) mass is 197 g/mol. The Labute approximate surface area is 85.1 Å². The van der Waals surface area contributed by atoms with E-state index in [1.807, 2.05) is 0 Å². The van der Waals surface area contributed by atoms with Crippen molar-refractivity contribution < 1.29 is 9.90 Å². The van der Waals surface area contributed by atoms with E-state index in [9.17, 15) is 4.79 Å². The highest BCUT2D eigenvalue weighted by Gasteiger charge is 2.40. The Morgan fingerprint density at radius 1 is 1.50 bits per heavy atom. The molecule has 1 N–H and O–H groups in total. The van der Waals surface area contributed by atoms with Crippen LogP contribution in [0, 0.1) is 11.8 Å². The van der Waals surface area contributed by atoms with Crippen molar-refractivity contribution >= 4 is 5.97 Å². The van der Waals surface area contributed by atoms with Gasteiger partial charge >= 0.3 is 5.97 Å². The van der Waals surface area contributed by atoms with Crippen molar-refractivity contribution in [1.29, 1.82) is 0 Å². The number of hydrogen-bond donors (Lipinski definition) is 1. The predicted molar refractivity (Wildman–Crippen MR) is 54.1 cm³/mol. The Morgan fingerprint density at radius 3 is 2.57 bits per heavy atom. The van der Waals surface area contributed by atoms with Gasteiger partial charge in [0.05, 0.1) is 6.42 Å². The Hall–Kier alpha value is -0.570. The molecule has 1 heterocycles. The number of carboxylic acids is 1. The molecule has 0 bridgehead atoms. The summed E-state index contributed by atoms with van der Waals surface area (Å²) in [7, 11) is 0. The van der Waals surface area contributed by atoms with Gasteiger partial charge in [-0.05, 0) is 24.7 Å². The number of likely N-dealkylation sites (tertiary alicyclic amines) is 1. The Bertz CT molecular complexity index is 219. The maximum atomic E-state index is 10.7. The van der Waals surface area contributed by atoms with E-state index in [1.165, 1.54) is 19.3 Å². The maximum Gasteiger partial charge on any atom is 0.304 e. The molecule has 3 heteroatoms. The lowest BCUT2D eigenvalue weighted by Crippen LogP contribution is -2.53. The SMILES string of the molecule is CCC1CN(C(CC(=O)O)C2CC2)C1. The predicted octanol–water partition coefficient (Wildman–Crippen LogP) is 1.58. The molecule has 2 rings (SSSR count). The average molecular weight is 197 g/mol. The largest absolute Gasteiger partial charge is 0.481 e. The van der Waals surface area contributed by atoms with E-state index in [1.54, 1.807) is 0 Å². The van der Waals surface area contributed by atoms with Crippen LogP contribution in [0.25, 0.3) is 0 Å². The lowest BCUT2D eigenvalue weighted by atomic mass is 9.92. The average Bonchev–Trinajstić information content (AvgIpc) is 2.81. The van der Waals surface area contributed by atoms with Crippen LogP contribution in [0.2, 0.25) is 0 Å². The van der Waals surface area contributed by atoms with E-state index in [-0.39, 0.29) is 0 Å². The minimum absolute atomic E-state index is 0.343. The first-order chi connectivity index (χ1) is 6.70. The third-order valence-electron chi connectivity index (χ3n) is 3.58. The highest BCUT2D eigenvalue weighted by molar-refractivity contribution is 5.67. The summed E-state index contributed by atoms with van der Waals surface area (Å²) in [5.41, 5.74) is 0. The van der Waals surface area contributed by atoms with Crippen molar-refractivity contribution in [3.05, 3.63) is 0 Å². The first kappa shape index (κ1) is 9.97. The highest BCUT2D eigenvalue weighted by atomic mass is 16.4. The molecule has 2 aliphatic rings. The molecule has 1 unspecified atom stereocenters. The summed E-state index contributed by atoms with van der Waals surface area (Å²) in [6.07, 6.45) is 4.07. The molecule has 0 amide bonds. The molecule has 1 saturated carbocycles. The molecule has 0 aromatic rings. The van der Waals surface area contributed by atoms with Crippen LogP contribution in [0.5, 0.6) is 0 Å². The standard InChI is InChI=1S/C11H19NO2/c1-2-8-6-12(7-8)10(5-11(13)14)9-3-4-9/h8-10H,2-7H2,1H3,(H,13,14). The molecule has 2 fully saturated rings. The van der Waals surface area contributed by atoms with Crippen LogP contribution in [0.1, 0.15) is 32.6 Å². The summed E-state index contributed by atoms with van der Waals surface area (Å²) < 4.78 is 0. The lowest BCUT2D eigenvalue weighted by Gasteiger charge is -2.44. The van der Waals surface area contributed by atoms with E-state index in [4.69, 9.17) is 5.11 Å². The fourth-order valence-corrected chi connectivity index (χ4v) is 2.39. The smallest absolute Gasteiger partial charge is 0.304 e. The molecular weight excluding hydrogens is 178 g/mol. The summed E-state index contributed by atoms with van der Waals surface area (Å²) in [4.78, 5) is 13.1. The fourth-order valence-electron chi connectivity index (χ4n) is 2.39. The van der Waals surface area contributed by atoms with Gasteiger partial charge in [-0.15, -0.1) is 0 Å². The number of rotatable bonds is 5. The van der Waals surface area contributed by atoms with Crippen LogP contribution in [-0.4, -0.2) is 35.1 Å². The van der Waals surface area contributed by atoms with E-state index >= 15 is 0 Å². The molecule has 0 aromatic heterocycles. The second-order valence-electron chi connectivity index (χ2n) is 4.73. The minimum atomic E-state index is -0.637. The second-order valence-corrected chi connectivity index (χ2v) is 4.73. The van der Waals surface area contributed by atoms with Gasteiger partial charge in [0.25, 0.3) is 0 Å². The Morgan fingerprint density at radius 2 is 2.14 bits per heavy atom. The molecule has 1 atom stereocenters. The van der Waals surface area contributed by atoms with Gasteiger partial charge in [0.1, 0.15) is 0 Å². The quantitative estimate of drug-likeness (QED) is 0.727.